The molecule has 2 heterocycles. The van der Waals surface area contributed by atoms with E-state index in [1.54, 1.807) is 7.11 Å². The standard InChI is InChI=1S/C16H24N2O2/c1-17-9-10-20-16-7-8-18(12-15(16)17)11-13-3-5-14(19-2)6-4-13/h3-6,15-16H,7-12H2,1-2H3/t15-,16-/m0/s1. The van der Waals surface area contributed by atoms with E-state index in [1.807, 2.05) is 12.1 Å². The van der Waals surface area contributed by atoms with Crippen molar-refractivity contribution < 1.29 is 9.47 Å². The Labute approximate surface area is 121 Å². The number of methoxy groups -OCH3 is 1. The summed E-state index contributed by atoms with van der Waals surface area (Å²) in [6, 6.07) is 8.95. The molecule has 0 aliphatic carbocycles. The molecule has 0 amide bonds. The molecule has 4 nitrogen and oxygen atoms in total. The first-order chi connectivity index (χ1) is 9.76. The molecule has 0 saturated carbocycles. The lowest BCUT2D eigenvalue weighted by molar-refractivity contribution is -0.0956. The van der Waals surface area contributed by atoms with Gasteiger partial charge < -0.3 is 9.47 Å². The van der Waals surface area contributed by atoms with Gasteiger partial charge in [0, 0.05) is 32.2 Å². The highest BCUT2D eigenvalue weighted by molar-refractivity contribution is 5.27. The van der Waals surface area contributed by atoms with Crippen LogP contribution < -0.4 is 4.74 Å². The Morgan fingerprint density at radius 1 is 1.25 bits per heavy atom. The molecule has 2 saturated heterocycles. The van der Waals surface area contributed by atoms with Crippen LogP contribution >= 0.6 is 0 Å². The SMILES string of the molecule is COc1ccc(CN2CC[C@@H]3OCCN(C)[C@H]3C2)cc1. The van der Waals surface area contributed by atoms with Gasteiger partial charge >= 0.3 is 0 Å². The highest BCUT2D eigenvalue weighted by atomic mass is 16.5. The van der Waals surface area contributed by atoms with Crippen molar-refractivity contribution in [3.05, 3.63) is 29.8 Å². The molecule has 2 aliphatic rings. The first-order valence-electron chi connectivity index (χ1n) is 7.43. The van der Waals surface area contributed by atoms with Crippen LogP contribution in [0, 0.1) is 0 Å². The smallest absolute Gasteiger partial charge is 0.118 e. The Morgan fingerprint density at radius 3 is 2.80 bits per heavy atom. The largest absolute Gasteiger partial charge is 0.497 e. The maximum Gasteiger partial charge on any atom is 0.118 e. The first kappa shape index (κ1) is 13.9. The lowest BCUT2D eigenvalue weighted by Crippen LogP contribution is -2.58. The van der Waals surface area contributed by atoms with Crippen molar-refractivity contribution in [2.45, 2.75) is 25.1 Å². The number of likely N-dealkylation sites (N-methyl/N-ethyl adjacent to an activating group) is 1. The van der Waals surface area contributed by atoms with Crippen molar-refractivity contribution >= 4 is 0 Å². The van der Waals surface area contributed by atoms with Gasteiger partial charge in [0.25, 0.3) is 0 Å². The van der Waals surface area contributed by atoms with E-state index < -0.39 is 0 Å². The third kappa shape index (κ3) is 2.97. The summed E-state index contributed by atoms with van der Waals surface area (Å²) in [6.45, 7) is 5.18. The Bertz CT molecular complexity index is 435. The zero-order valence-electron chi connectivity index (χ0n) is 12.4. The molecular weight excluding hydrogens is 252 g/mol. The minimum Gasteiger partial charge on any atom is -0.497 e. The quantitative estimate of drug-likeness (QED) is 0.837. The lowest BCUT2D eigenvalue weighted by atomic mass is 9.98. The number of likely N-dealkylation sites (tertiary alicyclic amines) is 1. The molecule has 2 atom stereocenters. The van der Waals surface area contributed by atoms with E-state index in [-0.39, 0.29) is 0 Å². The van der Waals surface area contributed by atoms with Crippen molar-refractivity contribution in [3.63, 3.8) is 0 Å². The fraction of sp³-hybridized carbons (Fsp3) is 0.625. The van der Waals surface area contributed by atoms with Gasteiger partial charge in [-0.3, -0.25) is 9.80 Å². The van der Waals surface area contributed by atoms with Gasteiger partial charge in [-0.1, -0.05) is 12.1 Å². The zero-order valence-corrected chi connectivity index (χ0v) is 12.4. The van der Waals surface area contributed by atoms with Gasteiger partial charge in [0.05, 0.1) is 19.8 Å². The summed E-state index contributed by atoms with van der Waals surface area (Å²) in [5.41, 5.74) is 1.35. The maximum absolute atomic E-state index is 5.90. The van der Waals surface area contributed by atoms with Crippen LogP contribution in [0.5, 0.6) is 5.75 Å². The van der Waals surface area contributed by atoms with Gasteiger partial charge in [-0.25, -0.2) is 0 Å². The molecule has 0 spiro atoms. The molecule has 0 N–H and O–H groups in total. The van der Waals surface area contributed by atoms with E-state index in [4.69, 9.17) is 9.47 Å². The van der Waals surface area contributed by atoms with E-state index in [0.29, 0.717) is 12.1 Å². The topological polar surface area (TPSA) is 24.9 Å². The number of nitrogens with zero attached hydrogens (tertiary/aromatic N) is 2. The summed E-state index contributed by atoms with van der Waals surface area (Å²) >= 11 is 0. The molecule has 0 aromatic heterocycles. The summed E-state index contributed by atoms with van der Waals surface area (Å²) in [6.07, 6.45) is 1.58. The summed E-state index contributed by atoms with van der Waals surface area (Å²) < 4.78 is 11.1. The molecule has 3 rings (SSSR count). The van der Waals surface area contributed by atoms with Gasteiger partial charge in [0.1, 0.15) is 5.75 Å². The van der Waals surface area contributed by atoms with Gasteiger partial charge in [0.2, 0.25) is 0 Å². The molecule has 0 bridgehead atoms. The number of hydrogen-bond acceptors (Lipinski definition) is 4. The van der Waals surface area contributed by atoms with Crippen molar-refractivity contribution in [3.8, 4) is 5.75 Å². The van der Waals surface area contributed by atoms with Crippen molar-refractivity contribution in [1.82, 2.24) is 9.80 Å². The number of rotatable bonds is 3. The molecule has 4 heteroatoms. The minimum absolute atomic E-state index is 0.431. The molecule has 20 heavy (non-hydrogen) atoms. The van der Waals surface area contributed by atoms with Crippen molar-refractivity contribution in [2.75, 3.05) is 40.4 Å². The lowest BCUT2D eigenvalue weighted by Gasteiger charge is -2.45. The monoisotopic (exact) mass is 276 g/mol. The van der Waals surface area contributed by atoms with Gasteiger partial charge in [-0.05, 0) is 31.2 Å². The molecule has 1 aromatic rings. The molecule has 0 unspecified atom stereocenters. The van der Waals surface area contributed by atoms with E-state index in [9.17, 15) is 0 Å². The normalized spacial score (nSPS) is 28.1. The number of benzene rings is 1. The molecule has 2 aliphatic heterocycles. The zero-order chi connectivity index (χ0) is 13.9. The second kappa shape index (κ2) is 6.12. The van der Waals surface area contributed by atoms with E-state index in [2.05, 4.69) is 29.0 Å². The molecule has 110 valence electrons. The van der Waals surface area contributed by atoms with Crippen molar-refractivity contribution in [1.29, 1.82) is 0 Å². The van der Waals surface area contributed by atoms with Gasteiger partial charge in [-0.2, -0.15) is 0 Å². The van der Waals surface area contributed by atoms with Crippen LogP contribution in [-0.2, 0) is 11.3 Å². The van der Waals surface area contributed by atoms with Crippen LogP contribution in [0.2, 0.25) is 0 Å². The van der Waals surface area contributed by atoms with Gasteiger partial charge in [0.15, 0.2) is 0 Å². The van der Waals surface area contributed by atoms with Crippen LogP contribution in [0.1, 0.15) is 12.0 Å². The average molecular weight is 276 g/mol. The maximum atomic E-state index is 5.90. The minimum atomic E-state index is 0.431. The number of ether oxygens (including phenoxy) is 2. The summed E-state index contributed by atoms with van der Waals surface area (Å²) in [5.74, 6) is 0.924. The second-order valence-electron chi connectivity index (χ2n) is 5.83. The molecule has 1 aromatic carbocycles. The molecule has 2 fully saturated rings. The summed E-state index contributed by atoms with van der Waals surface area (Å²) in [7, 11) is 3.93. The van der Waals surface area contributed by atoms with Crippen molar-refractivity contribution in [2.24, 2.45) is 0 Å². The average Bonchev–Trinajstić information content (AvgIpc) is 2.49. The molecule has 0 radical (unpaired) electrons. The Hall–Kier alpha value is -1.10. The van der Waals surface area contributed by atoms with E-state index in [0.717, 1.165) is 45.0 Å². The fourth-order valence-electron chi connectivity index (χ4n) is 3.24. The number of fused-ring (bicyclic) bond motifs is 1. The first-order valence-corrected chi connectivity index (χ1v) is 7.43. The van der Waals surface area contributed by atoms with Crippen LogP contribution in [0.25, 0.3) is 0 Å². The Balaban J connectivity index is 1.60. The second-order valence-corrected chi connectivity index (χ2v) is 5.83. The number of morpholine rings is 1. The van der Waals surface area contributed by atoms with Gasteiger partial charge in [-0.15, -0.1) is 0 Å². The highest BCUT2D eigenvalue weighted by Gasteiger charge is 2.35. The molecular formula is C16H24N2O2. The predicted octanol–water partition coefficient (Wildman–Crippen LogP) is 1.60. The summed E-state index contributed by atoms with van der Waals surface area (Å²) in [5, 5.41) is 0. The number of piperidine rings is 1. The third-order valence-corrected chi connectivity index (χ3v) is 4.51. The number of hydrogen-bond donors (Lipinski definition) is 0. The third-order valence-electron chi connectivity index (χ3n) is 4.51. The van der Waals surface area contributed by atoms with Crippen LogP contribution in [0.15, 0.2) is 24.3 Å². The van der Waals surface area contributed by atoms with E-state index in [1.165, 1.54) is 5.56 Å². The predicted molar refractivity (Wildman–Crippen MR) is 79.0 cm³/mol. The van der Waals surface area contributed by atoms with Crippen LogP contribution in [0.3, 0.4) is 0 Å². The fourth-order valence-corrected chi connectivity index (χ4v) is 3.24. The Morgan fingerprint density at radius 2 is 2.05 bits per heavy atom. The summed E-state index contributed by atoms with van der Waals surface area (Å²) in [4.78, 5) is 4.99. The van der Waals surface area contributed by atoms with Crippen LogP contribution in [-0.4, -0.2) is 62.3 Å². The highest BCUT2D eigenvalue weighted by Crippen LogP contribution is 2.23. The van der Waals surface area contributed by atoms with Crippen LogP contribution in [0.4, 0.5) is 0 Å². The Kier molecular flexibility index (Phi) is 4.24. The van der Waals surface area contributed by atoms with E-state index >= 15 is 0 Å².